The van der Waals surface area contributed by atoms with E-state index in [4.69, 9.17) is 0 Å². The van der Waals surface area contributed by atoms with Crippen LogP contribution in [0.5, 0.6) is 0 Å². The molecule has 15 heavy (non-hydrogen) atoms. The van der Waals surface area contributed by atoms with Crippen LogP contribution >= 0.6 is 0 Å². The molecule has 0 spiro atoms. The van der Waals surface area contributed by atoms with E-state index in [0.717, 1.165) is 24.6 Å². The minimum Gasteiger partial charge on any atom is -0.308 e. The van der Waals surface area contributed by atoms with Crippen molar-refractivity contribution in [1.82, 2.24) is 19.9 Å². The average molecular weight is 202 g/mol. The number of nitrogens with zero attached hydrogens (tertiary/aromatic N) is 3. The second-order valence-electron chi connectivity index (χ2n) is 4.17. The second-order valence-corrected chi connectivity index (χ2v) is 4.17. The molecule has 0 aromatic carbocycles. The van der Waals surface area contributed by atoms with Gasteiger partial charge >= 0.3 is 0 Å². The number of aryl methyl sites for hydroxylation is 2. The van der Waals surface area contributed by atoms with E-state index in [0.29, 0.717) is 0 Å². The molecule has 1 N–H and O–H groups in total. The molecule has 0 fully saturated rings. The summed E-state index contributed by atoms with van der Waals surface area (Å²) in [6.07, 6.45) is 0. The van der Waals surface area contributed by atoms with E-state index < -0.39 is 0 Å². The van der Waals surface area contributed by atoms with Crippen LogP contribution in [0.25, 0.3) is 5.65 Å². The van der Waals surface area contributed by atoms with Gasteiger partial charge in [-0.15, -0.1) is 0 Å². The van der Waals surface area contributed by atoms with Gasteiger partial charge in [0.1, 0.15) is 5.82 Å². The Kier molecular flexibility index (Phi) is 1.65. The van der Waals surface area contributed by atoms with Gasteiger partial charge in [0.25, 0.3) is 0 Å². The molecule has 1 aliphatic heterocycles. The Hall–Kier alpha value is -1.42. The lowest BCUT2D eigenvalue weighted by Gasteiger charge is -2.08. The van der Waals surface area contributed by atoms with E-state index in [1.807, 2.05) is 11.4 Å². The highest BCUT2D eigenvalue weighted by atomic mass is 15.3. The van der Waals surface area contributed by atoms with Gasteiger partial charge < -0.3 is 5.32 Å². The van der Waals surface area contributed by atoms with Gasteiger partial charge in [0.15, 0.2) is 5.65 Å². The van der Waals surface area contributed by atoms with Crippen LogP contribution in [-0.4, -0.2) is 14.6 Å². The lowest BCUT2D eigenvalue weighted by Crippen LogP contribution is -2.02. The summed E-state index contributed by atoms with van der Waals surface area (Å²) in [6.45, 7) is 8.09. The minimum absolute atomic E-state index is 0.845. The predicted octanol–water partition coefficient (Wildman–Crippen LogP) is 1.26. The summed E-state index contributed by atoms with van der Waals surface area (Å²) in [5.74, 6) is 0.845. The molecule has 2 aromatic rings. The van der Waals surface area contributed by atoms with Crippen LogP contribution in [0.15, 0.2) is 0 Å². The van der Waals surface area contributed by atoms with Crippen molar-refractivity contribution in [3.63, 3.8) is 0 Å². The highest BCUT2D eigenvalue weighted by molar-refractivity contribution is 5.57. The Labute approximate surface area is 88.3 Å². The molecule has 4 heteroatoms. The summed E-state index contributed by atoms with van der Waals surface area (Å²) in [5, 5.41) is 7.80. The number of fused-ring (bicyclic) bond motifs is 3. The largest absolute Gasteiger partial charge is 0.308 e. The van der Waals surface area contributed by atoms with Gasteiger partial charge in [-0.05, 0) is 31.9 Å². The van der Waals surface area contributed by atoms with Gasteiger partial charge in [-0.2, -0.15) is 5.10 Å². The van der Waals surface area contributed by atoms with Crippen LogP contribution in [0.3, 0.4) is 0 Å². The van der Waals surface area contributed by atoms with Crippen LogP contribution < -0.4 is 5.32 Å². The molecule has 1 aliphatic rings. The molecule has 0 saturated carbocycles. The van der Waals surface area contributed by atoms with E-state index in [2.05, 4.69) is 29.2 Å². The first kappa shape index (κ1) is 8.85. The molecule has 3 rings (SSSR count). The van der Waals surface area contributed by atoms with Gasteiger partial charge in [0, 0.05) is 24.3 Å². The Bertz CT molecular complexity index is 553. The van der Waals surface area contributed by atoms with E-state index in [-0.39, 0.29) is 0 Å². The van der Waals surface area contributed by atoms with Crippen molar-refractivity contribution in [2.45, 2.75) is 33.9 Å². The van der Waals surface area contributed by atoms with Crippen molar-refractivity contribution >= 4 is 5.65 Å². The summed E-state index contributed by atoms with van der Waals surface area (Å²) in [7, 11) is 0. The zero-order valence-corrected chi connectivity index (χ0v) is 9.26. The molecular weight excluding hydrogens is 188 g/mol. The van der Waals surface area contributed by atoms with Crippen molar-refractivity contribution in [1.29, 1.82) is 0 Å². The highest BCUT2D eigenvalue weighted by Crippen LogP contribution is 2.25. The first-order valence-electron chi connectivity index (χ1n) is 5.23. The lowest BCUT2D eigenvalue weighted by atomic mass is 10.0. The monoisotopic (exact) mass is 202 g/mol. The zero-order valence-electron chi connectivity index (χ0n) is 9.26. The van der Waals surface area contributed by atoms with Gasteiger partial charge in [-0.3, -0.25) is 0 Å². The fraction of sp³-hybridized carbons (Fsp3) is 0.455. The van der Waals surface area contributed by atoms with Crippen LogP contribution in [0.2, 0.25) is 0 Å². The smallest absolute Gasteiger partial charge is 0.160 e. The third-order valence-corrected chi connectivity index (χ3v) is 3.26. The summed E-state index contributed by atoms with van der Waals surface area (Å²) in [6, 6.07) is 0. The molecular formula is C11H14N4. The van der Waals surface area contributed by atoms with E-state index in [1.54, 1.807) is 0 Å². The Morgan fingerprint density at radius 3 is 2.67 bits per heavy atom. The van der Waals surface area contributed by atoms with E-state index in [1.165, 1.54) is 22.4 Å². The number of pyridine rings is 1. The summed E-state index contributed by atoms with van der Waals surface area (Å²) < 4.78 is 1.97. The summed E-state index contributed by atoms with van der Waals surface area (Å²) in [4.78, 5) is 4.50. The number of rotatable bonds is 0. The predicted molar refractivity (Wildman–Crippen MR) is 57.7 cm³/mol. The van der Waals surface area contributed by atoms with E-state index >= 15 is 0 Å². The molecule has 0 bridgehead atoms. The topological polar surface area (TPSA) is 42.2 Å². The van der Waals surface area contributed by atoms with Crippen LogP contribution in [-0.2, 0) is 13.1 Å². The Morgan fingerprint density at radius 1 is 1.13 bits per heavy atom. The highest BCUT2D eigenvalue weighted by Gasteiger charge is 2.20. The summed E-state index contributed by atoms with van der Waals surface area (Å²) >= 11 is 0. The molecule has 4 nitrogen and oxygen atoms in total. The molecule has 78 valence electrons. The third-order valence-electron chi connectivity index (χ3n) is 3.26. The quantitative estimate of drug-likeness (QED) is 0.699. The summed E-state index contributed by atoms with van der Waals surface area (Å²) in [5.41, 5.74) is 6.29. The molecule has 0 unspecified atom stereocenters. The first-order valence-corrected chi connectivity index (χ1v) is 5.23. The maximum Gasteiger partial charge on any atom is 0.160 e. The Morgan fingerprint density at radius 2 is 1.87 bits per heavy atom. The van der Waals surface area contributed by atoms with Crippen molar-refractivity contribution in [3.05, 3.63) is 28.2 Å². The van der Waals surface area contributed by atoms with Gasteiger partial charge in [0.2, 0.25) is 0 Å². The van der Waals surface area contributed by atoms with Crippen molar-refractivity contribution in [2.75, 3.05) is 0 Å². The second kappa shape index (κ2) is 2.79. The molecule has 0 aliphatic carbocycles. The number of aromatic nitrogens is 3. The maximum atomic E-state index is 4.50. The van der Waals surface area contributed by atoms with Gasteiger partial charge in [-0.1, -0.05) is 0 Å². The number of hydrogen-bond acceptors (Lipinski definition) is 3. The first-order chi connectivity index (χ1) is 7.18. The molecule has 2 aromatic heterocycles. The van der Waals surface area contributed by atoms with Crippen LogP contribution in [0.4, 0.5) is 0 Å². The van der Waals surface area contributed by atoms with Crippen molar-refractivity contribution in [3.8, 4) is 0 Å². The van der Waals surface area contributed by atoms with E-state index in [9.17, 15) is 0 Å². The van der Waals surface area contributed by atoms with Crippen molar-refractivity contribution in [2.24, 2.45) is 0 Å². The Balaban J connectivity index is 2.51. The zero-order chi connectivity index (χ0) is 10.6. The van der Waals surface area contributed by atoms with Crippen LogP contribution in [0.1, 0.15) is 28.2 Å². The minimum atomic E-state index is 0.845. The molecule has 3 heterocycles. The molecule has 0 radical (unpaired) electrons. The third kappa shape index (κ3) is 1.05. The van der Waals surface area contributed by atoms with Crippen molar-refractivity contribution < 1.29 is 0 Å². The number of nitrogens with one attached hydrogen (secondary N) is 1. The van der Waals surface area contributed by atoms with Gasteiger partial charge in [-0.25, -0.2) is 9.50 Å². The van der Waals surface area contributed by atoms with Crippen LogP contribution in [0, 0.1) is 20.8 Å². The lowest BCUT2D eigenvalue weighted by molar-refractivity contribution is 0.764. The molecule has 0 atom stereocenters. The van der Waals surface area contributed by atoms with Gasteiger partial charge in [0.05, 0.1) is 0 Å². The standard InChI is InChI=1S/C11H14N4/c1-6-7(2)15-11(13-8(3)14-15)10-5-12-4-9(6)10/h12H,4-5H2,1-3H3. The molecule has 0 amide bonds. The maximum absolute atomic E-state index is 4.50. The SMILES string of the molecule is Cc1nc2c3c(c(C)c(C)n2n1)CNC3. The fourth-order valence-electron chi connectivity index (χ4n) is 2.32. The fourth-order valence-corrected chi connectivity index (χ4v) is 2.32. The number of hydrogen-bond donors (Lipinski definition) is 1. The molecule has 0 saturated heterocycles. The average Bonchev–Trinajstić information content (AvgIpc) is 2.79. The normalized spacial score (nSPS) is 14.9.